The van der Waals surface area contributed by atoms with Crippen LogP contribution in [-0.2, 0) is 14.3 Å². The Bertz CT molecular complexity index is 1550. The van der Waals surface area contributed by atoms with E-state index in [-0.39, 0.29) is 19.7 Å². The minimum absolute atomic E-state index is 0.0312. The Morgan fingerprint density at radius 3 is 2.30 bits per heavy atom. The number of carbonyl (C=O) groups is 3. The number of benzene rings is 3. The van der Waals surface area contributed by atoms with Crippen molar-refractivity contribution in [1.29, 1.82) is 0 Å². The second-order valence-corrected chi connectivity index (χ2v) is 13.0. The van der Waals surface area contributed by atoms with Crippen molar-refractivity contribution in [3.63, 3.8) is 0 Å². The van der Waals surface area contributed by atoms with Crippen LogP contribution in [0.1, 0.15) is 54.7 Å². The summed E-state index contributed by atoms with van der Waals surface area (Å²) in [6, 6.07) is 17.6. The molecule has 0 saturated carbocycles. The smallest absolute Gasteiger partial charge is 0.410 e. The largest absolute Gasteiger partial charge is 0.464 e. The molecule has 0 spiro atoms. The summed E-state index contributed by atoms with van der Waals surface area (Å²) in [6.07, 6.45) is -0.546. The van der Waals surface area contributed by atoms with Gasteiger partial charge in [-0.05, 0) is 119 Å². The number of halogens is 1. The molecule has 2 N–H and O–H groups in total. The predicted molar refractivity (Wildman–Crippen MR) is 172 cm³/mol. The lowest BCUT2D eigenvalue weighted by atomic mass is 9.89. The molecule has 0 bridgehead atoms. The Hall–Kier alpha value is -3.69. The van der Waals surface area contributed by atoms with Gasteiger partial charge in [0.25, 0.3) is 5.91 Å². The maximum absolute atomic E-state index is 13.4. The standard InChI is InChI=1S/C33H38ClN3O5S/c1-8-41-30(39)33(18-37(19-33)31(40)42-32(5,6)7)35-29(38)26-13-12-24(14-20(26)2)23-10-9-11-25(17-23)36-43-28-16-21(3)27(34)15-22(28)4/h9-17,36H,8,18-19H2,1-7H3,(H,35,38). The second kappa shape index (κ2) is 12.9. The number of esters is 1. The second-order valence-electron chi connectivity index (χ2n) is 11.8. The summed E-state index contributed by atoms with van der Waals surface area (Å²) < 4.78 is 14.1. The molecule has 3 aromatic carbocycles. The highest BCUT2D eigenvalue weighted by molar-refractivity contribution is 8.00. The number of hydrogen-bond acceptors (Lipinski definition) is 7. The number of nitrogens with one attached hydrogen (secondary N) is 2. The van der Waals surface area contributed by atoms with Crippen LogP contribution in [0.4, 0.5) is 10.5 Å². The highest BCUT2D eigenvalue weighted by Gasteiger charge is 2.54. The van der Waals surface area contributed by atoms with Crippen LogP contribution in [0, 0.1) is 20.8 Å². The quantitative estimate of drug-likeness (QED) is 0.200. The van der Waals surface area contributed by atoms with Gasteiger partial charge in [0.2, 0.25) is 0 Å². The van der Waals surface area contributed by atoms with E-state index in [0.29, 0.717) is 5.56 Å². The molecule has 1 fully saturated rings. The van der Waals surface area contributed by atoms with Gasteiger partial charge in [0.1, 0.15) is 5.60 Å². The SMILES string of the molecule is CCOC(=O)C1(NC(=O)c2ccc(-c3cccc(NSc4cc(C)c(Cl)cc4C)c3)cc2C)CN(C(=O)OC(C)(C)C)C1. The van der Waals surface area contributed by atoms with Crippen LogP contribution in [-0.4, -0.2) is 53.7 Å². The number of ether oxygens (including phenoxy) is 2. The fourth-order valence-corrected chi connectivity index (χ4v) is 5.74. The van der Waals surface area contributed by atoms with Crippen LogP contribution in [0.15, 0.2) is 59.5 Å². The zero-order valence-electron chi connectivity index (χ0n) is 25.6. The normalized spacial score (nSPS) is 14.0. The number of rotatable bonds is 8. The van der Waals surface area contributed by atoms with Gasteiger partial charge in [-0.2, -0.15) is 0 Å². The van der Waals surface area contributed by atoms with E-state index in [2.05, 4.69) is 22.2 Å². The van der Waals surface area contributed by atoms with Gasteiger partial charge in [-0.25, -0.2) is 9.59 Å². The molecule has 1 aliphatic rings. The van der Waals surface area contributed by atoms with Gasteiger partial charge in [-0.1, -0.05) is 35.9 Å². The first-order valence-electron chi connectivity index (χ1n) is 14.1. The highest BCUT2D eigenvalue weighted by Crippen LogP contribution is 2.32. The summed E-state index contributed by atoms with van der Waals surface area (Å²) in [5.41, 5.74) is 4.15. The van der Waals surface area contributed by atoms with Gasteiger partial charge in [0, 0.05) is 21.2 Å². The third-order valence-electron chi connectivity index (χ3n) is 6.99. The first kappa shape index (κ1) is 32.2. The molecule has 1 aliphatic heterocycles. The van der Waals surface area contributed by atoms with Crippen LogP contribution >= 0.6 is 23.5 Å². The van der Waals surface area contributed by atoms with E-state index in [9.17, 15) is 14.4 Å². The van der Waals surface area contributed by atoms with Crippen LogP contribution < -0.4 is 10.0 Å². The van der Waals surface area contributed by atoms with Crippen molar-refractivity contribution in [2.75, 3.05) is 24.4 Å². The average Bonchev–Trinajstić information content (AvgIpc) is 2.90. The molecule has 10 heteroatoms. The number of carbonyl (C=O) groups excluding carboxylic acids is 3. The summed E-state index contributed by atoms with van der Waals surface area (Å²) in [6.45, 7) is 13.0. The molecule has 2 amide bonds. The highest BCUT2D eigenvalue weighted by atomic mass is 35.5. The van der Waals surface area contributed by atoms with Gasteiger partial charge in [-0.15, -0.1) is 0 Å². The lowest BCUT2D eigenvalue weighted by molar-refractivity contribution is -0.157. The molecular formula is C33H38ClN3O5S. The summed E-state index contributed by atoms with van der Waals surface area (Å²) in [4.78, 5) is 41.3. The molecule has 1 saturated heterocycles. The van der Waals surface area contributed by atoms with Crippen molar-refractivity contribution in [2.45, 2.75) is 64.5 Å². The molecule has 3 aromatic rings. The van der Waals surface area contributed by atoms with Crippen molar-refractivity contribution in [1.82, 2.24) is 10.2 Å². The number of amides is 2. The molecule has 0 atom stereocenters. The summed E-state index contributed by atoms with van der Waals surface area (Å²) in [5.74, 6) is -0.995. The Balaban J connectivity index is 1.47. The van der Waals surface area contributed by atoms with Crippen LogP contribution in [0.5, 0.6) is 0 Å². The lowest BCUT2D eigenvalue weighted by Crippen LogP contribution is -2.75. The fraction of sp³-hybridized carbons (Fsp3) is 0.364. The first-order valence-corrected chi connectivity index (χ1v) is 15.3. The molecule has 0 radical (unpaired) electrons. The molecule has 43 heavy (non-hydrogen) atoms. The van der Waals surface area contributed by atoms with E-state index in [4.69, 9.17) is 21.1 Å². The molecule has 4 rings (SSSR count). The molecule has 228 valence electrons. The van der Waals surface area contributed by atoms with Crippen molar-refractivity contribution < 1.29 is 23.9 Å². The van der Waals surface area contributed by atoms with Crippen molar-refractivity contribution in [3.8, 4) is 11.1 Å². The number of hydrogen-bond donors (Lipinski definition) is 2. The minimum atomic E-state index is -1.34. The van der Waals surface area contributed by atoms with E-state index in [0.717, 1.165) is 43.4 Å². The number of likely N-dealkylation sites (tertiary alicyclic amines) is 1. The maximum Gasteiger partial charge on any atom is 0.410 e. The third-order valence-corrected chi connectivity index (χ3v) is 8.40. The number of nitrogens with zero attached hydrogens (tertiary/aromatic N) is 1. The van der Waals surface area contributed by atoms with Gasteiger partial charge >= 0.3 is 12.1 Å². The number of anilines is 1. The van der Waals surface area contributed by atoms with E-state index < -0.39 is 29.1 Å². The fourth-order valence-electron chi connectivity index (χ4n) is 4.71. The van der Waals surface area contributed by atoms with Gasteiger partial charge in [0.05, 0.1) is 19.7 Å². The predicted octanol–water partition coefficient (Wildman–Crippen LogP) is 7.33. The monoisotopic (exact) mass is 623 g/mol. The molecular weight excluding hydrogens is 586 g/mol. The molecule has 0 aliphatic carbocycles. The molecule has 1 heterocycles. The molecule has 8 nitrogen and oxygen atoms in total. The van der Waals surface area contributed by atoms with E-state index in [1.54, 1.807) is 33.8 Å². The van der Waals surface area contributed by atoms with Gasteiger partial charge < -0.3 is 24.4 Å². The van der Waals surface area contributed by atoms with Gasteiger partial charge in [-0.3, -0.25) is 4.79 Å². The molecule has 0 aromatic heterocycles. The number of aryl methyl sites for hydroxylation is 3. The Morgan fingerprint density at radius 1 is 0.953 bits per heavy atom. The zero-order valence-corrected chi connectivity index (χ0v) is 27.2. The lowest BCUT2D eigenvalue weighted by Gasteiger charge is -2.47. The Labute approximate surface area is 262 Å². The van der Waals surface area contributed by atoms with Crippen molar-refractivity contribution in [3.05, 3.63) is 81.9 Å². The van der Waals surface area contributed by atoms with E-state index in [1.165, 1.54) is 16.8 Å². The van der Waals surface area contributed by atoms with Crippen LogP contribution in [0.25, 0.3) is 11.1 Å². The Morgan fingerprint density at radius 2 is 1.65 bits per heavy atom. The first-order chi connectivity index (χ1) is 20.2. The maximum atomic E-state index is 13.4. The summed E-state index contributed by atoms with van der Waals surface area (Å²) >= 11 is 7.77. The van der Waals surface area contributed by atoms with Crippen molar-refractivity contribution >= 4 is 47.2 Å². The topological polar surface area (TPSA) is 97.0 Å². The summed E-state index contributed by atoms with van der Waals surface area (Å²) in [7, 11) is 0. The summed E-state index contributed by atoms with van der Waals surface area (Å²) in [5, 5.41) is 3.60. The molecule has 0 unspecified atom stereocenters. The average molecular weight is 624 g/mol. The van der Waals surface area contributed by atoms with Gasteiger partial charge in [0.15, 0.2) is 5.54 Å². The van der Waals surface area contributed by atoms with Crippen LogP contribution in [0.2, 0.25) is 5.02 Å². The van der Waals surface area contributed by atoms with Crippen molar-refractivity contribution in [2.24, 2.45) is 0 Å². The zero-order chi connectivity index (χ0) is 31.5. The third kappa shape index (κ3) is 7.64. The Kier molecular flexibility index (Phi) is 9.66. The minimum Gasteiger partial charge on any atom is -0.464 e. The van der Waals surface area contributed by atoms with E-state index >= 15 is 0 Å². The van der Waals surface area contributed by atoms with Crippen LogP contribution in [0.3, 0.4) is 0 Å². The van der Waals surface area contributed by atoms with E-state index in [1.807, 2.05) is 57.2 Å².